The van der Waals surface area contributed by atoms with E-state index in [4.69, 9.17) is 10.5 Å². The summed E-state index contributed by atoms with van der Waals surface area (Å²) in [5.74, 6) is -0.104. The molecule has 0 aliphatic heterocycles. The number of rotatable bonds is 5. The Hall–Kier alpha value is -2.71. The van der Waals surface area contributed by atoms with Crippen LogP contribution in [0.25, 0.3) is 0 Å². The maximum Gasteiger partial charge on any atom is 0.322 e. The van der Waals surface area contributed by atoms with Gasteiger partial charge in [0.05, 0.1) is 24.1 Å². The summed E-state index contributed by atoms with van der Waals surface area (Å²) >= 11 is -2.36. The third-order valence-electron chi connectivity index (χ3n) is 3.32. The summed E-state index contributed by atoms with van der Waals surface area (Å²) < 4.78 is 25.7. The number of benzene rings is 2. The molecule has 1 unspecified atom stereocenters. The highest BCUT2D eigenvalue weighted by Gasteiger charge is 2.24. The molecule has 0 bridgehead atoms. The van der Waals surface area contributed by atoms with E-state index in [1.54, 1.807) is 24.3 Å². The third-order valence-corrected chi connectivity index (χ3v) is 4.05. The highest BCUT2D eigenvalue weighted by atomic mass is 32.2. The normalized spacial score (nSPS) is 11.6. The van der Waals surface area contributed by atoms with Crippen molar-refractivity contribution in [2.45, 2.75) is 11.4 Å². The number of nitrogens with zero attached hydrogens (tertiary/aromatic N) is 1. The zero-order chi connectivity index (χ0) is 17.7. The zero-order valence-corrected chi connectivity index (χ0v) is 13.7. The lowest BCUT2D eigenvalue weighted by Gasteiger charge is -2.19. The van der Waals surface area contributed by atoms with E-state index < -0.39 is 23.0 Å². The molecule has 3 amide bonds. The molecule has 126 valence electrons. The Balaban J connectivity index is 2.32. The second-order valence-electron chi connectivity index (χ2n) is 4.82. The van der Waals surface area contributed by atoms with Gasteiger partial charge in [0.25, 0.3) is 5.91 Å². The zero-order valence-electron chi connectivity index (χ0n) is 12.8. The molecule has 3 N–H and O–H groups in total. The minimum absolute atomic E-state index is 0.0503. The van der Waals surface area contributed by atoms with Gasteiger partial charge in [0.1, 0.15) is 5.75 Å². The van der Waals surface area contributed by atoms with E-state index in [2.05, 4.69) is 0 Å². The Kier molecular flexibility index (Phi) is 5.67. The number of amides is 3. The molecule has 2 aromatic carbocycles. The molecule has 0 saturated carbocycles. The molecule has 7 nitrogen and oxygen atoms in total. The number of imide groups is 1. The van der Waals surface area contributed by atoms with Crippen molar-refractivity contribution in [3.8, 4) is 5.75 Å². The summed E-state index contributed by atoms with van der Waals surface area (Å²) in [5, 5.41) is 0. The minimum atomic E-state index is -2.36. The van der Waals surface area contributed by atoms with Crippen LogP contribution in [0.3, 0.4) is 0 Å². The maximum atomic E-state index is 12.6. The van der Waals surface area contributed by atoms with Gasteiger partial charge in [-0.1, -0.05) is 24.3 Å². The van der Waals surface area contributed by atoms with Crippen LogP contribution in [0.15, 0.2) is 53.4 Å². The van der Waals surface area contributed by atoms with Crippen LogP contribution in [0, 0.1) is 0 Å². The van der Waals surface area contributed by atoms with Gasteiger partial charge in [0.2, 0.25) is 0 Å². The average molecular weight is 348 g/mol. The van der Waals surface area contributed by atoms with Crippen LogP contribution in [-0.2, 0) is 17.6 Å². The Morgan fingerprint density at radius 1 is 1.17 bits per heavy atom. The van der Waals surface area contributed by atoms with Gasteiger partial charge in [-0.15, -0.1) is 0 Å². The number of nitrogens with two attached hydrogens (primary N) is 1. The molecule has 0 saturated heterocycles. The van der Waals surface area contributed by atoms with Crippen molar-refractivity contribution in [3.05, 3.63) is 59.7 Å². The Morgan fingerprint density at radius 3 is 2.33 bits per heavy atom. The molecule has 8 heteroatoms. The van der Waals surface area contributed by atoms with Gasteiger partial charge in [-0.3, -0.25) is 9.69 Å². The number of hydrogen-bond acceptors (Lipinski definition) is 4. The summed E-state index contributed by atoms with van der Waals surface area (Å²) in [4.78, 5) is 25.0. The molecule has 0 aliphatic carbocycles. The van der Waals surface area contributed by atoms with Gasteiger partial charge in [-0.2, -0.15) is 0 Å². The van der Waals surface area contributed by atoms with Crippen molar-refractivity contribution in [1.29, 1.82) is 0 Å². The third kappa shape index (κ3) is 3.98. The Bertz CT molecular complexity index is 776. The van der Waals surface area contributed by atoms with Crippen LogP contribution >= 0.6 is 0 Å². The van der Waals surface area contributed by atoms with Crippen LogP contribution in [0.5, 0.6) is 5.75 Å². The lowest BCUT2D eigenvalue weighted by molar-refractivity contribution is 0.0795. The summed E-state index contributed by atoms with van der Waals surface area (Å²) in [7, 11) is 1.53. The molecule has 0 aliphatic rings. The van der Waals surface area contributed by atoms with E-state index in [1.807, 2.05) is 0 Å². The van der Waals surface area contributed by atoms with Gasteiger partial charge in [0, 0.05) is 0 Å². The summed E-state index contributed by atoms with van der Waals surface area (Å²) in [6.07, 6.45) is 0. The van der Waals surface area contributed by atoms with Crippen LogP contribution in [0.4, 0.5) is 4.79 Å². The largest absolute Gasteiger partial charge is 0.497 e. The molecule has 0 fully saturated rings. The number of ether oxygens (including phenoxy) is 1. The molecule has 0 aromatic heterocycles. The number of carbonyl (C=O) groups is 2. The molecule has 1 atom stereocenters. The average Bonchev–Trinajstić information content (AvgIpc) is 2.59. The van der Waals surface area contributed by atoms with Crippen molar-refractivity contribution in [1.82, 2.24) is 4.90 Å². The lowest BCUT2D eigenvalue weighted by atomic mass is 10.1. The fraction of sp³-hybridized carbons (Fsp3) is 0.125. The molecule has 2 rings (SSSR count). The SMILES string of the molecule is COc1ccc(CN(C(N)=O)C(=O)c2ccccc2S(=O)O)cc1. The first-order valence-electron chi connectivity index (χ1n) is 6.88. The van der Waals surface area contributed by atoms with Crippen LogP contribution in [-0.4, -0.2) is 32.7 Å². The predicted octanol–water partition coefficient (Wildman–Crippen LogP) is 2.00. The van der Waals surface area contributed by atoms with Crippen molar-refractivity contribution < 1.29 is 23.1 Å². The topological polar surface area (TPSA) is 110 Å². The molecule has 0 spiro atoms. The lowest BCUT2D eigenvalue weighted by Crippen LogP contribution is -2.40. The molecule has 0 radical (unpaired) electrons. The van der Waals surface area contributed by atoms with E-state index in [0.29, 0.717) is 11.3 Å². The van der Waals surface area contributed by atoms with Crippen LogP contribution < -0.4 is 10.5 Å². The van der Waals surface area contributed by atoms with Gasteiger partial charge in [-0.05, 0) is 29.8 Å². The molecule has 0 heterocycles. The van der Waals surface area contributed by atoms with E-state index >= 15 is 0 Å². The van der Waals surface area contributed by atoms with Gasteiger partial charge >= 0.3 is 6.03 Å². The van der Waals surface area contributed by atoms with Crippen molar-refractivity contribution >= 4 is 23.0 Å². The Morgan fingerprint density at radius 2 is 1.79 bits per heavy atom. The van der Waals surface area contributed by atoms with E-state index in [1.165, 1.54) is 31.4 Å². The number of hydrogen-bond donors (Lipinski definition) is 2. The standard InChI is InChI=1S/C16H16N2O5S/c1-23-12-8-6-11(7-9-12)10-18(16(17)20)15(19)13-4-2-3-5-14(13)24(21)22/h2-9H,10H2,1H3,(H2,17,20)(H,21,22). The summed E-state index contributed by atoms with van der Waals surface area (Å²) in [6, 6.07) is 11.6. The second kappa shape index (κ2) is 7.71. The van der Waals surface area contributed by atoms with Crippen molar-refractivity contribution in [2.24, 2.45) is 5.73 Å². The quantitative estimate of drug-likeness (QED) is 0.803. The summed E-state index contributed by atoms with van der Waals surface area (Å²) in [5.41, 5.74) is 5.92. The van der Waals surface area contributed by atoms with Crippen LogP contribution in [0.2, 0.25) is 0 Å². The molecular weight excluding hydrogens is 332 g/mol. The fourth-order valence-corrected chi connectivity index (χ4v) is 2.64. The monoisotopic (exact) mass is 348 g/mol. The van der Waals surface area contributed by atoms with Gasteiger partial charge in [-0.25, -0.2) is 9.00 Å². The number of carbonyl (C=O) groups excluding carboxylic acids is 2. The van der Waals surface area contributed by atoms with Crippen LogP contribution in [0.1, 0.15) is 15.9 Å². The van der Waals surface area contributed by atoms with Gasteiger partial charge < -0.3 is 15.0 Å². The first-order chi connectivity index (χ1) is 11.4. The Labute approximate surface area is 141 Å². The number of primary amides is 1. The molecular formula is C16H16N2O5S. The van der Waals surface area contributed by atoms with E-state index in [0.717, 1.165) is 4.90 Å². The highest BCUT2D eigenvalue weighted by molar-refractivity contribution is 7.79. The van der Waals surface area contributed by atoms with Crippen molar-refractivity contribution in [3.63, 3.8) is 0 Å². The fourth-order valence-electron chi connectivity index (χ4n) is 2.10. The predicted molar refractivity (Wildman–Crippen MR) is 87.9 cm³/mol. The first-order valence-corrected chi connectivity index (χ1v) is 7.99. The maximum absolute atomic E-state index is 12.6. The highest BCUT2D eigenvalue weighted by Crippen LogP contribution is 2.18. The van der Waals surface area contributed by atoms with E-state index in [-0.39, 0.29) is 17.0 Å². The van der Waals surface area contributed by atoms with Gasteiger partial charge in [0.15, 0.2) is 11.1 Å². The minimum Gasteiger partial charge on any atom is -0.497 e. The second-order valence-corrected chi connectivity index (χ2v) is 5.76. The number of methoxy groups -OCH3 is 1. The van der Waals surface area contributed by atoms with E-state index in [9.17, 15) is 18.4 Å². The summed E-state index contributed by atoms with van der Waals surface area (Å²) in [6.45, 7) is -0.0649. The molecule has 2 aromatic rings. The number of urea groups is 1. The first kappa shape index (κ1) is 17.6. The van der Waals surface area contributed by atoms with Crippen molar-refractivity contribution in [2.75, 3.05) is 7.11 Å². The smallest absolute Gasteiger partial charge is 0.322 e. The molecule has 24 heavy (non-hydrogen) atoms.